The summed E-state index contributed by atoms with van der Waals surface area (Å²) in [6.07, 6.45) is 2.86. The zero-order chi connectivity index (χ0) is 23.7. The second-order valence-electron chi connectivity index (χ2n) is 7.66. The van der Waals surface area contributed by atoms with Crippen LogP contribution in [0.3, 0.4) is 0 Å². The van der Waals surface area contributed by atoms with E-state index in [4.69, 9.17) is 14.2 Å². The Kier molecular flexibility index (Phi) is 9.99. The molecule has 0 atom stereocenters. The van der Waals surface area contributed by atoms with E-state index in [1.165, 1.54) is 0 Å². The number of benzene rings is 1. The van der Waals surface area contributed by atoms with Crippen molar-refractivity contribution < 1.29 is 34.0 Å². The van der Waals surface area contributed by atoms with Crippen LogP contribution in [0.4, 0.5) is 0 Å². The number of hydrogen-bond donors (Lipinski definition) is 2. The molecule has 0 radical (unpaired) electrons. The number of ether oxygens (including phenoxy) is 3. The molecule has 1 fully saturated rings. The lowest BCUT2D eigenvalue weighted by molar-refractivity contribution is -0.144. The van der Waals surface area contributed by atoms with Crippen molar-refractivity contribution in [2.75, 3.05) is 39.5 Å². The number of cyclic esters (lactones) is 1. The number of allylic oxidation sites excluding steroid dienone is 2. The van der Waals surface area contributed by atoms with Crippen LogP contribution < -0.4 is 0 Å². The van der Waals surface area contributed by atoms with E-state index in [1.54, 1.807) is 6.92 Å². The highest BCUT2D eigenvalue weighted by Gasteiger charge is 2.31. The number of phenols is 2. The number of hydrogen-bond acceptors (Lipinski definition) is 8. The molecule has 2 N–H and O–H groups in total. The molecule has 2 aliphatic heterocycles. The molecule has 0 unspecified atom stereocenters. The van der Waals surface area contributed by atoms with Gasteiger partial charge in [0.2, 0.25) is 0 Å². The minimum atomic E-state index is -0.577. The predicted molar refractivity (Wildman–Crippen MR) is 120 cm³/mol. The summed E-state index contributed by atoms with van der Waals surface area (Å²) in [6, 6.07) is 0. The molecule has 8 heteroatoms. The number of morpholine rings is 1. The predicted octanol–water partition coefficient (Wildman–Crippen LogP) is 3.25. The summed E-state index contributed by atoms with van der Waals surface area (Å²) in [5.41, 5.74) is 2.42. The molecular weight excluding hydrogens is 414 g/mol. The lowest BCUT2D eigenvalue weighted by Gasteiger charge is -2.26. The van der Waals surface area contributed by atoms with Crippen LogP contribution in [0, 0.1) is 6.92 Å². The Morgan fingerprint density at radius 2 is 1.84 bits per heavy atom. The van der Waals surface area contributed by atoms with E-state index in [1.807, 2.05) is 26.8 Å². The number of nitrogens with zero attached hydrogens (tertiary/aromatic N) is 1. The number of fused-ring (bicyclic) bond motifs is 1. The van der Waals surface area contributed by atoms with Crippen molar-refractivity contribution in [3.8, 4) is 11.5 Å². The first kappa shape index (κ1) is 25.7. The van der Waals surface area contributed by atoms with Crippen LogP contribution in [-0.4, -0.2) is 66.5 Å². The Bertz CT molecular complexity index is 841. The monoisotopic (exact) mass is 449 g/mol. The minimum absolute atomic E-state index is 0.0314. The molecule has 1 aromatic rings. The van der Waals surface area contributed by atoms with Gasteiger partial charge < -0.3 is 24.4 Å². The van der Waals surface area contributed by atoms with E-state index >= 15 is 0 Å². The number of aromatic hydroxyl groups is 2. The minimum Gasteiger partial charge on any atom is -0.507 e. The van der Waals surface area contributed by atoms with Gasteiger partial charge in [-0.2, -0.15) is 0 Å². The summed E-state index contributed by atoms with van der Waals surface area (Å²) in [7, 11) is 0. The Labute approximate surface area is 189 Å². The van der Waals surface area contributed by atoms with E-state index in [-0.39, 0.29) is 48.0 Å². The maximum atomic E-state index is 12.0. The smallest absolute Gasteiger partial charge is 0.342 e. The fourth-order valence-electron chi connectivity index (χ4n) is 3.63. The first-order chi connectivity index (χ1) is 15.4. The van der Waals surface area contributed by atoms with Crippen LogP contribution in [0.25, 0.3) is 0 Å². The van der Waals surface area contributed by atoms with Gasteiger partial charge in [-0.3, -0.25) is 9.69 Å². The van der Waals surface area contributed by atoms with Gasteiger partial charge in [-0.05, 0) is 32.3 Å². The normalized spacial score (nSPS) is 16.1. The first-order valence-corrected chi connectivity index (χ1v) is 11.2. The van der Waals surface area contributed by atoms with Gasteiger partial charge in [0.15, 0.2) is 0 Å². The largest absolute Gasteiger partial charge is 0.507 e. The van der Waals surface area contributed by atoms with Gasteiger partial charge in [0, 0.05) is 37.2 Å². The summed E-state index contributed by atoms with van der Waals surface area (Å²) in [6.45, 7) is 11.9. The quantitative estimate of drug-likeness (QED) is 0.460. The van der Waals surface area contributed by atoms with Crippen molar-refractivity contribution in [2.24, 2.45) is 0 Å². The van der Waals surface area contributed by atoms with E-state index in [0.717, 1.165) is 18.7 Å². The van der Waals surface area contributed by atoms with Crippen molar-refractivity contribution in [3.05, 3.63) is 33.9 Å². The fraction of sp³-hybridized carbons (Fsp3) is 0.583. The van der Waals surface area contributed by atoms with Crippen molar-refractivity contribution in [1.29, 1.82) is 0 Å². The molecule has 2 aliphatic rings. The summed E-state index contributed by atoms with van der Waals surface area (Å²) >= 11 is 0. The van der Waals surface area contributed by atoms with E-state index in [2.05, 4.69) is 4.90 Å². The Morgan fingerprint density at radius 1 is 1.16 bits per heavy atom. The summed E-state index contributed by atoms with van der Waals surface area (Å²) in [5.74, 6) is -1.09. The average Bonchev–Trinajstić information content (AvgIpc) is 3.20. The standard InChI is InChI=1S/C22H29NO7.C2H6/c1-14(4-6-18(24)29-12-9-23-7-10-28-11-8-23)3-5-16-20(25)15(2)17-13-30-22(27)19(17)21(16)26;1-2/h3,25-26H,4-13H2,1-2H3;1-2H3/b14-3+;. The zero-order valence-electron chi connectivity index (χ0n) is 19.5. The molecule has 1 aromatic carbocycles. The molecule has 0 aliphatic carbocycles. The molecule has 178 valence electrons. The van der Waals surface area contributed by atoms with E-state index < -0.39 is 5.97 Å². The number of phenolic OH excluding ortho intramolecular Hbond substituents is 2. The highest BCUT2D eigenvalue weighted by atomic mass is 16.5. The second-order valence-corrected chi connectivity index (χ2v) is 7.66. The lowest BCUT2D eigenvalue weighted by Crippen LogP contribution is -2.38. The summed E-state index contributed by atoms with van der Waals surface area (Å²) in [5, 5.41) is 20.9. The second kappa shape index (κ2) is 12.5. The molecule has 0 spiro atoms. The zero-order valence-corrected chi connectivity index (χ0v) is 19.5. The van der Waals surface area contributed by atoms with Gasteiger partial charge in [-0.1, -0.05) is 25.5 Å². The molecule has 0 bridgehead atoms. The third-order valence-electron chi connectivity index (χ3n) is 5.62. The van der Waals surface area contributed by atoms with E-state index in [0.29, 0.717) is 43.9 Å². The molecular formula is C24H35NO7. The van der Waals surface area contributed by atoms with Gasteiger partial charge in [-0.25, -0.2) is 4.79 Å². The van der Waals surface area contributed by atoms with Crippen LogP contribution in [0.1, 0.15) is 60.7 Å². The van der Waals surface area contributed by atoms with Gasteiger partial charge in [0.05, 0.1) is 13.2 Å². The van der Waals surface area contributed by atoms with Crippen LogP contribution >= 0.6 is 0 Å². The van der Waals surface area contributed by atoms with Crippen molar-refractivity contribution >= 4 is 11.9 Å². The highest BCUT2D eigenvalue weighted by Crippen LogP contribution is 2.41. The lowest BCUT2D eigenvalue weighted by atomic mass is 9.95. The van der Waals surface area contributed by atoms with Crippen molar-refractivity contribution in [1.82, 2.24) is 4.90 Å². The molecule has 32 heavy (non-hydrogen) atoms. The highest BCUT2D eigenvalue weighted by molar-refractivity contribution is 5.98. The van der Waals surface area contributed by atoms with Gasteiger partial charge >= 0.3 is 11.9 Å². The van der Waals surface area contributed by atoms with Gasteiger partial charge in [-0.15, -0.1) is 0 Å². The molecule has 0 aromatic heterocycles. The number of carbonyl (C=O) groups is 2. The summed E-state index contributed by atoms with van der Waals surface area (Å²) < 4.78 is 15.5. The van der Waals surface area contributed by atoms with Crippen LogP contribution in [0.2, 0.25) is 0 Å². The Balaban J connectivity index is 0.00000176. The number of carbonyl (C=O) groups excluding carboxylic acids is 2. The third kappa shape index (κ3) is 6.46. The molecule has 8 nitrogen and oxygen atoms in total. The van der Waals surface area contributed by atoms with Crippen molar-refractivity contribution in [3.63, 3.8) is 0 Å². The van der Waals surface area contributed by atoms with Gasteiger partial charge in [0.25, 0.3) is 0 Å². The third-order valence-corrected chi connectivity index (χ3v) is 5.62. The maximum absolute atomic E-state index is 12.0. The summed E-state index contributed by atoms with van der Waals surface area (Å²) in [4.78, 5) is 26.0. The first-order valence-electron chi connectivity index (χ1n) is 11.2. The topological polar surface area (TPSA) is 106 Å². The molecule has 0 saturated carbocycles. The maximum Gasteiger partial charge on any atom is 0.342 e. The average molecular weight is 450 g/mol. The fourth-order valence-corrected chi connectivity index (χ4v) is 3.63. The Morgan fingerprint density at radius 3 is 2.53 bits per heavy atom. The van der Waals surface area contributed by atoms with Crippen LogP contribution in [0.5, 0.6) is 11.5 Å². The van der Waals surface area contributed by atoms with Gasteiger partial charge in [0.1, 0.15) is 30.3 Å². The number of esters is 2. The van der Waals surface area contributed by atoms with Crippen LogP contribution in [0.15, 0.2) is 11.6 Å². The number of rotatable bonds is 8. The molecule has 0 amide bonds. The molecule has 1 saturated heterocycles. The van der Waals surface area contributed by atoms with Crippen LogP contribution in [-0.2, 0) is 32.0 Å². The Hall–Kier alpha value is -2.58. The molecule has 2 heterocycles. The van der Waals surface area contributed by atoms with Crippen molar-refractivity contribution in [2.45, 2.75) is 53.6 Å². The molecule has 3 rings (SSSR count). The van der Waals surface area contributed by atoms with E-state index in [9.17, 15) is 19.8 Å². The SMILES string of the molecule is C/C(=C\Cc1c(O)c(C)c2c(c1O)C(=O)OC2)CCC(=O)OCCN1CCOCC1.CC.